The normalized spacial score (nSPS) is 21.2. The summed E-state index contributed by atoms with van der Waals surface area (Å²) in [5.74, 6) is -1.33. The molecule has 1 heterocycles. The Hall–Kier alpha value is -3.61. The fourth-order valence-corrected chi connectivity index (χ4v) is 5.12. The van der Waals surface area contributed by atoms with Crippen LogP contribution in [0.1, 0.15) is 29.9 Å². The van der Waals surface area contributed by atoms with Crippen LogP contribution < -0.4 is 5.32 Å². The molecule has 5 rings (SSSR count). The lowest BCUT2D eigenvalue weighted by Gasteiger charge is -2.28. The molecule has 3 unspecified atom stereocenters. The lowest BCUT2D eigenvalue weighted by molar-refractivity contribution is -0.142. The first-order chi connectivity index (χ1) is 15.5. The molecule has 2 aromatic rings. The number of amides is 2. The highest BCUT2D eigenvalue weighted by atomic mass is 16.5. The molecule has 1 saturated heterocycles. The van der Waals surface area contributed by atoms with E-state index in [0.717, 1.165) is 28.7 Å². The molecule has 1 aliphatic heterocycles. The van der Waals surface area contributed by atoms with Gasteiger partial charge in [0.2, 0.25) is 5.91 Å². The highest BCUT2D eigenvalue weighted by Crippen LogP contribution is 2.44. The van der Waals surface area contributed by atoms with Crippen LogP contribution in [0.25, 0.3) is 11.1 Å². The molecule has 1 fully saturated rings. The van der Waals surface area contributed by atoms with Gasteiger partial charge in [0.05, 0.1) is 12.5 Å². The van der Waals surface area contributed by atoms with Gasteiger partial charge in [-0.3, -0.25) is 9.59 Å². The lowest BCUT2D eigenvalue weighted by atomic mass is 9.98. The van der Waals surface area contributed by atoms with Gasteiger partial charge in [0, 0.05) is 12.5 Å². The van der Waals surface area contributed by atoms with E-state index in [1.165, 1.54) is 0 Å². The average Bonchev–Trinajstić information content (AvgIpc) is 3.50. The number of likely N-dealkylation sites (tertiary alicyclic amines) is 1. The van der Waals surface area contributed by atoms with Gasteiger partial charge in [0.25, 0.3) is 0 Å². The highest BCUT2D eigenvalue weighted by Gasteiger charge is 2.40. The van der Waals surface area contributed by atoms with Gasteiger partial charge in [-0.05, 0) is 34.6 Å². The van der Waals surface area contributed by atoms with Crippen LogP contribution >= 0.6 is 0 Å². The second-order valence-electron chi connectivity index (χ2n) is 8.56. The van der Waals surface area contributed by atoms with E-state index in [9.17, 15) is 19.5 Å². The topological polar surface area (TPSA) is 95.9 Å². The van der Waals surface area contributed by atoms with Gasteiger partial charge in [-0.25, -0.2) is 4.79 Å². The summed E-state index contributed by atoms with van der Waals surface area (Å²) in [6.07, 6.45) is 3.64. The number of carbonyl (C=O) groups is 3. The van der Waals surface area contributed by atoms with E-state index in [1.807, 2.05) is 54.6 Å². The molecule has 0 spiro atoms. The molecular formula is C25H24N2O5. The van der Waals surface area contributed by atoms with E-state index >= 15 is 0 Å². The van der Waals surface area contributed by atoms with Crippen molar-refractivity contribution < 1.29 is 24.2 Å². The second kappa shape index (κ2) is 8.15. The third-order valence-electron chi connectivity index (χ3n) is 6.58. The molecule has 2 aliphatic carbocycles. The van der Waals surface area contributed by atoms with E-state index in [1.54, 1.807) is 4.90 Å². The fraction of sp³-hybridized carbons (Fsp3) is 0.320. The predicted molar refractivity (Wildman–Crippen MR) is 117 cm³/mol. The fourth-order valence-electron chi connectivity index (χ4n) is 5.12. The third kappa shape index (κ3) is 3.64. The zero-order valence-electron chi connectivity index (χ0n) is 17.4. The van der Waals surface area contributed by atoms with Gasteiger partial charge >= 0.3 is 12.1 Å². The Bertz CT molecular complexity index is 1070. The van der Waals surface area contributed by atoms with Crippen molar-refractivity contribution in [3.8, 4) is 11.1 Å². The molecule has 7 heteroatoms. The summed E-state index contributed by atoms with van der Waals surface area (Å²) in [5.41, 5.74) is 4.40. The summed E-state index contributed by atoms with van der Waals surface area (Å²) < 4.78 is 5.50. The van der Waals surface area contributed by atoms with Gasteiger partial charge in [-0.15, -0.1) is 0 Å². The largest absolute Gasteiger partial charge is 0.481 e. The quantitative estimate of drug-likeness (QED) is 0.684. The zero-order chi connectivity index (χ0) is 22.2. The minimum Gasteiger partial charge on any atom is -0.481 e. The Labute approximate surface area is 185 Å². The van der Waals surface area contributed by atoms with Crippen LogP contribution in [-0.4, -0.2) is 53.2 Å². The Kier molecular flexibility index (Phi) is 5.17. The molecule has 2 N–H and O–H groups in total. The van der Waals surface area contributed by atoms with Crippen molar-refractivity contribution >= 4 is 18.0 Å². The maximum atomic E-state index is 13.0. The first kappa shape index (κ1) is 20.3. The summed E-state index contributed by atoms with van der Waals surface area (Å²) >= 11 is 0. The molecule has 164 valence electrons. The summed E-state index contributed by atoms with van der Waals surface area (Å²) in [4.78, 5) is 38.5. The minimum atomic E-state index is -1.16. The summed E-state index contributed by atoms with van der Waals surface area (Å²) in [6.45, 7) is 0.660. The van der Waals surface area contributed by atoms with Crippen LogP contribution in [0.4, 0.5) is 4.79 Å². The van der Waals surface area contributed by atoms with E-state index in [4.69, 9.17) is 4.74 Å². The first-order valence-corrected chi connectivity index (χ1v) is 10.8. The number of alkyl carbamates (subject to hydrolysis) is 1. The third-order valence-corrected chi connectivity index (χ3v) is 6.58. The van der Waals surface area contributed by atoms with Gasteiger partial charge in [-0.1, -0.05) is 60.7 Å². The smallest absolute Gasteiger partial charge is 0.407 e. The van der Waals surface area contributed by atoms with Crippen LogP contribution in [0.2, 0.25) is 0 Å². The van der Waals surface area contributed by atoms with Crippen molar-refractivity contribution in [1.29, 1.82) is 0 Å². The molecule has 0 aromatic heterocycles. The molecule has 2 aromatic carbocycles. The van der Waals surface area contributed by atoms with Crippen LogP contribution in [-0.2, 0) is 14.3 Å². The van der Waals surface area contributed by atoms with Crippen LogP contribution in [0.15, 0.2) is 60.7 Å². The van der Waals surface area contributed by atoms with E-state index in [0.29, 0.717) is 12.5 Å². The van der Waals surface area contributed by atoms with Crippen molar-refractivity contribution in [3.63, 3.8) is 0 Å². The molecule has 7 nitrogen and oxygen atoms in total. The standard InChI is InChI=1S/C25H24N2O5/c28-23(29)12-22(24(30)27-13-15-9-10-16(27)11-15)26-25(31)32-14-21-19-7-3-1-5-17(19)18-6-2-4-8-20(18)21/h1-10,15-16,21-22H,11-14H2,(H,26,31)(H,28,29). The van der Waals surface area contributed by atoms with Crippen molar-refractivity contribution in [3.05, 3.63) is 71.8 Å². The predicted octanol–water partition coefficient (Wildman–Crippen LogP) is 3.16. The molecule has 3 aliphatic rings. The summed E-state index contributed by atoms with van der Waals surface area (Å²) in [5, 5.41) is 11.8. The number of nitrogens with zero attached hydrogens (tertiary/aromatic N) is 1. The van der Waals surface area contributed by atoms with Crippen molar-refractivity contribution in [2.45, 2.75) is 30.8 Å². The zero-order valence-corrected chi connectivity index (χ0v) is 17.4. The molecule has 0 saturated carbocycles. The van der Waals surface area contributed by atoms with Gasteiger partial charge in [0.15, 0.2) is 0 Å². The van der Waals surface area contributed by atoms with Gasteiger partial charge in [-0.2, -0.15) is 0 Å². The second-order valence-corrected chi connectivity index (χ2v) is 8.56. The SMILES string of the molecule is O=C(O)CC(NC(=O)OCC1c2ccccc2-c2ccccc21)C(=O)N1CC2C=CC1C2. The number of carbonyl (C=O) groups excluding carboxylic acids is 2. The maximum absolute atomic E-state index is 13.0. The first-order valence-electron chi connectivity index (χ1n) is 10.8. The van der Waals surface area contributed by atoms with Crippen LogP contribution in [0.5, 0.6) is 0 Å². The molecule has 3 atom stereocenters. The molecule has 2 amide bonds. The number of carboxylic acids is 1. The van der Waals surface area contributed by atoms with Crippen LogP contribution in [0.3, 0.4) is 0 Å². The number of benzene rings is 2. The number of aliphatic carboxylic acids is 1. The van der Waals surface area contributed by atoms with E-state index in [2.05, 4.69) is 11.4 Å². The molecule has 32 heavy (non-hydrogen) atoms. The van der Waals surface area contributed by atoms with E-state index in [-0.39, 0.29) is 24.5 Å². The Morgan fingerprint density at radius 2 is 1.69 bits per heavy atom. The summed E-state index contributed by atoms with van der Waals surface area (Å²) in [7, 11) is 0. The number of fused-ring (bicyclic) bond motifs is 5. The molecular weight excluding hydrogens is 408 g/mol. The molecule has 0 radical (unpaired) electrons. The number of rotatable bonds is 6. The number of ether oxygens (including phenoxy) is 1. The minimum absolute atomic E-state index is 0.0203. The number of carboxylic acid groups (broad SMARTS) is 1. The Morgan fingerprint density at radius 1 is 1.03 bits per heavy atom. The van der Waals surface area contributed by atoms with Gasteiger partial charge < -0.3 is 20.1 Å². The van der Waals surface area contributed by atoms with E-state index < -0.39 is 24.5 Å². The van der Waals surface area contributed by atoms with Crippen LogP contribution in [0, 0.1) is 5.92 Å². The lowest BCUT2D eigenvalue weighted by Crippen LogP contribution is -2.51. The number of hydrogen-bond donors (Lipinski definition) is 2. The monoisotopic (exact) mass is 432 g/mol. The van der Waals surface area contributed by atoms with Crippen molar-refractivity contribution in [1.82, 2.24) is 10.2 Å². The maximum Gasteiger partial charge on any atom is 0.407 e. The average molecular weight is 432 g/mol. The number of nitrogens with one attached hydrogen (secondary N) is 1. The van der Waals surface area contributed by atoms with Crippen molar-refractivity contribution in [2.75, 3.05) is 13.2 Å². The summed E-state index contributed by atoms with van der Waals surface area (Å²) in [6, 6.07) is 14.8. The Balaban J connectivity index is 1.27. The molecule has 2 bridgehead atoms. The highest BCUT2D eigenvalue weighted by molar-refractivity contribution is 5.90. The van der Waals surface area contributed by atoms with Gasteiger partial charge in [0.1, 0.15) is 12.6 Å². The van der Waals surface area contributed by atoms with Crippen molar-refractivity contribution in [2.24, 2.45) is 5.92 Å². The number of hydrogen-bond acceptors (Lipinski definition) is 4. The Morgan fingerprint density at radius 3 is 2.25 bits per heavy atom.